The largest absolute Gasteiger partial charge is 0.410 e. The molecule has 3 aromatic rings. The molecule has 6 nitrogen and oxygen atoms in total. The Labute approximate surface area is 192 Å². The van der Waals surface area contributed by atoms with Crippen molar-refractivity contribution in [2.24, 2.45) is 0 Å². The minimum absolute atomic E-state index is 0.0140. The number of amides is 1. The highest BCUT2D eigenvalue weighted by molar-refractivity contribution is 7.16. The lowest BCUT2D eigenvalue weighted by molar-refractivity contribution is -0.173. The molecular formula is C23H20F3N5OS. The predicted octanol–water partition coefficient (Wildman–Crippen LogP) is 5.61. The molecule has 3 heterocycles. The third-order valence-electron chi connectivity index (χ3n) is 6.20. The Kier molecular flexibility index (Phi) is 5.37. The molecule has 33 heavy (non-hydrogen) atoms. The Morgan fingerprint density at radius 2 is 2.00 bits per heavy atom. The van der Waals surface area contributed by atoms with Crippen LogP contribution in [0.2, 0.25) is 0 Å². The third kappa shape index (κ3) is 3.86. The minimum atomic E-state index is -4.52. The maximum atomic E-state index is 13.9. The summed E-state index contributed by atoms with van der Waals surface area (Å²) >= 11 is 1.37. The van der Waals surface area contributed by atoms with Crippen LogP contribution in [-0.4, -0.2) is 21.9 Å². The number of halogens is 3. The summed E-state index contributed by atoms with van der Waals surface area (Å²) in [6.07, 6.45) is 0.0779. The van der Waals surface area contributed by atoms with Crippen LogP contribution in [0.1, 0.15) is 63.3 Å². The van der Waals surface area contributed by atoms with Crippen molar-refractivity contribution in [1.82, 2.24) is 9.78 Å². The molecular weight excluding hydrogens is 451 g/mol. The summed E-state index contributed by atoms with van der Waals surface area (Å²) in [5, 5.41) is 19.8. The number of benzene rings is 1. The molecule has 0 spiro atoms. The summed E-state index contributed by atoms with van der Waals surface area (Å²) in [6, 6.07) is 8.54. The van der Waals surface area contributed by atoms with Gasteiger partial charge in [-0.3, -0.25) is 4.79 Å². The fourth-order valence-electron chi connectivity index (χ4n) is 4.58. The monoisotopic (exact) mass is 471 g/mol. The number of aromatic nitrogens is 2. The number of nitrogens with one attached hydrogen (secondary N) is 2. The van der Waals surface area contributed by atoms with E-state index in [1.54, 1.807) is 30.3 Å². The molecule has 0 saturated heterocycles. The molecule has 2 N–H and O–H groups in total. The summed E-state index contributed by atoms with van der Waals surface area (Å²) in [6.45, 7) is 0. The maximum absolute atomic E-state index is 13.9. The lowest BCUT2D eigenvalue weighted by Gasteiger charge is -2.34. The molecule has 1 aromatic carbocycles. The Hall–Kier alpha value is -3.32. The Morgan fingerprint density at radius 1 is 1.24 bits per heavy atom. The number of fused-ring (bicyclic) bond motifs is 2. The second kappa shape index (κ2) is 8.23. The Bertz CT molecular complexity index is 1240. The van der Waals surface area contributed by atoms with Gasteiger partial charge in [0, 0.05) is 11.3 Å². The molecule has 2 atom stereocenters. The first-order chi connectivity index (χ1) is 15.9. The van der Waals surface area contributed by atoms with E-state index in [1.807, 2.05) is 0 Å². The number of nitrogens with zero attached hydrogens (tertiary/aromatic N) is 3. The lowest BCUT2D eigenvalue weighted by Crippen LogP contribution is -2.36. The molecule has 1 amide bonds. The van der Waals surface area contributed by atoms with Gasteiger partial charge in [-0.2, -0.15) is 23.5 Å². The van der Waals surface area contributed by atoms with Gasteiger partial charge in [0.25, 0.3) is 5.91 Å². The molecule has 0 fully saturated rings. The number of carbonyl (C=O) groups excluding carboxylic acids is 1. The first-order valence-electron chi connectivity index (χ1n) is 10.7. The summed E-state index contributed by atoms with van der Waals surface area (Å²) in [7, 11) is 0. The summed E-state index contributed by atoms with van der Waals surface area (Å²) in [5.41, 5.74) is 2.14. The summed E-state index contributed by atoms with van der Waals surface area (Å²) in [4.78, 5) is 14.2. The fourth-order valence-corrected chi connectivity index (χ4v) is 5.81. The van der Waals surface area contributed by atoms with E-state index in [0.717, 1.165) is 47.0 Å². The molecule has 0 unspecified atom stereocenters. The van der Waals surface area contributed by atoms with E-state index in [4.69, 9.17) is 0 Å². The first kappa shape index (κ1) is 21.5. The topological polar surface area (TPSA) is 82.7 Å². The maximum Gasteiger partial charge on any atom is 0.410 e. The van der Waals surface area contributed by atoms with Crippen LogP contribution in [-0.2, 0) is 12.8 Å². The van der Waals surface area contributed by atoms with Gasteiger partial charge in [-0.1, -0.05) is 30.3 Å². The van der Waals surface area contributed by atoms with E-state index in [2.05, 4.69) is 21.8 Å². The smallest absolute Gasteiger partial charge is 0.363 e. The van der Waals surface area contributed by atoms with E-state index in [-0.39, 0.29) is 17.8 Å². The standard InChI is InChI=1S/C23H20F3N5OS/c24-23(25,26)19-10-17(13-6-2-1-3-7-13)29-20-16(12-28-31(19)20)21(32)30-22-15(11-27)14-8-4-5-9-18(14)33-22/h1-3,6-7,12,17,19,29H,4-5,8-10H2,(H,30,32)/t17-,19-/m1/s1. The molecule has 0 radical (unpaired) electrons. The van der Waals surface area contributed by atoms with E-state index in [0.29, 0.717) is 16.1 Å². The highest BCUT2D eigenvalue weighted by atomic mass is 32.1. The van der Waals surface area contributed by atoms with Crippen molar-refractivity contribution < 1.29 is 18.0 Å². The zero-order valence-electron chi connectivity index (χ0n) is 17.4. The fraction of sp³-hybridized carbons (Fsp3) is 0.348. The quantitative estimate of drug-likeness (QED) is 0.520. The second-order valence-corrected chi connectivity index (χ2v) is 9.34. The van der Waals surface area contributed by atoms with Crippen molar-refractivity contribution in [3.05, 3.63) is 63.7 Å². The first-order valence-corrected chi connectivity index (χ1v) is 11.5. The number of carbonyl (C=O) groups is 1. The SMILES string of the molecule is N#Cc1c(NC(=O)c2cnn3c2N[C@@H](c2ccccc2)C[C@@H]3C(F)(F)F)sc2c1CCCC2. The van der Waals surface area contributed by atoms with Gasteiger partial charge in [-0.25, -0.2) is 4.68 Å². The average molecular weight is 472 g/mol. The van der Waals surface area contributed by atoms with Gasteiger partial charge in [0.1, 0.15) is 22.5 Å². The van der Waals surface area contributed by atoms with Crippen LogP contribution in [0.15, 0.2) is 36.5 Å². The Morgan fingerprint density at radius 3 is 2.73 bits per heavy atom. The van der Waals surface area contributed by atoms with E-state index in [1.165, 1.54) is 11.3 Å². The molecule has 0 saturated carbocycles. The average Bonchev–Trinajstić information content (AvgIpc) is 3.39. The normalized spacial score (nSPS) is 19.7. The number of aryl methyl sites for hydroxylation is 1. The molecule has 1 aliphatic carbocycles. The molecule has 2 aliphatic rings. The molecule has 10 heteroatoms. The zero-order chi connectivity index (χ0) is 23.2. The Balaban J connectivity index is 1.49. The molecule has 2 aromatic heterocycles. The van der Waals surface area contributed by atoms with Crippen LogP contribution < -0.4 is 10.6 Å². The number of rotatable bonds is 3. The van der Waals surface area contributed by atoms with Crippen LogP contribution >= 0.6 is 11.3 Å². The van der Waals surface area contributed by atoms with Gasteiger partial charge in [0.15, 0.2) is 6.04 Å². The van der Waals surface area contributed by atoms with Gasteiger partial charge in [0.2, 0.25) is 0 Å². The van der Waals surface area contributed by atoms with Crippen LogP contribution in [0.4, 0.5) is 24.0 Å². The number of anilines is 2. The molecule has 170 valence electrons. The minimum Gasteiger partial charge on any atom is -0.363 e. The summed E-state index contributed by atoms with van der Waals surface area (Å²) < 4.78 is 42.5. The van der Waals surface area contributed by atoms with Crippen molar-refractivity contribution in [1.29, 1.82) is 5.26 Å². The zero-order valence-corrected chi connectivity index (χ0v) is 18.3. The van der Waals surface area contributed by atoms with Gasteiger partial charge < -0.3 is 10.6 Å². The highest BCUT2D eigenvalue weighted by Gasteiger charge is 2.47. The number of thiophene rings is 1. The number of nitriles is 1. The van der Waals surface area contributed by atoms with Crippen LogP contribution in [0.5, 0.6) is 0 Å². The third-order valence-corrected chi connectivity index (χ3v) is 7.40. The van der Waals surface area contributed by atoms with E-state index in [9.17, 15) is 23.2 Å². The van der Waals surface area contributed by atoms with Crippen molar-refractivity contribution in [2.45, 2.75) is 50.4 Å². The van der Waals surface area contributed by atoms with Gasteiger partial charge in [-0.05, 0) is 36.8 Å². The summed E-state index contributed by atoms with van der Waals surface area (Å²) in [5.74, 6) is -0.566. The van der Waals surface area contributed by atoms with Gasteiger partial charge in [0.05, 0.1) is 17.8 Å². The number of hydrogen-bond donors (Lipinski definition) is 2. The van der Waals surface area contributed by atoms with Crippen LogP contribution in [0.3, 0.4) is 0 Å². The second-order valence-electron chi connectivity index (χ2n) is 8.23. The van der Waals surface area contributed by atoms with E-state index >= 15 is 0 Å². The van der Waals surface area contributed by atoms with Crippen molar-refractivity contribution in [3.8, 4) is 6.07 Å². The molecule has 5 rings (SSSR count). The molecule has 1 aliphatic heterocycles. The predicted molar refractivity (Wildman–Crippen MR) is 118 cm³/mol. The van der Waals surface area contributed by atoms with Crippen molar-refractivity contribution >= 4 is 28.1 Å². The lowest BCUT2D eigenvalue weighted by atomic mass is 9.96. The molecule has 0 bridgehead atoms. The van der Waals surface area contributed by atoms with Crippen molar-refractivity contribution in [3.63, 3.8) is 0 Å². The van der Waals surface area contributed by atoms with Crippen LogP contribution in [0.25, 0.3) is 0 Å². The van der Waals surface area contributed by atoms with Gasteiger partial charge >= 0.3 is 6.18 Å². The highest BCUT2D eigenvalue weighted by Crippen LogP contribution is 2.44. The number of hydrogen-bond acceptors (Lipinski definition) is 5. The van der Waals surface area contributed by atoms with E-state index < -0.39 is 24.2 Å². The number of alkyl halides is 3. The van der Waals surface area contributed by atoms with Crippen molar-refractivity contribution in [2.75, 3.05) is 10.6 Å². The van der Waals surface area contributed by atoms with Crippen LogP contribution in [0, 0.1) is 11.3 Å². The van der Waals surface area contributed by atoms with Gasteiger partial charge in [-0.15, -0.1) is 11.3 Å².